The van der Waals surface area contributed by atoms with Gasteiger partial charge in [0.2, 0.25) is 6.79 Å². The van der Waals surface area contributed by atoms with E-state index in [9.17, 15) is 19.7 Å². The maximum atomic E-state index is 12.2. The van der Waals surface area contributed by atoms with Crippen LogP contribution in [0, 0.1) is 17.0 Å². The Kier molecular flexibility index (Phi) is 5.20. The number of hydrogen-bond acceptors (Lipinski definition) is 7. The van der Waals surface area contributed by atoms with E-state index in [-0.39, 0.29) is 30.4 Å². The predicted octanol–water partition coefficient (Wildman–Crippen LogP) is 2.11. The minimum atomic E-state index is -0.995. The zero-order chi connectivity index (χ0) is 19.4. The van der Waals surface area contributed by atoms with Crippen LogP contribution in [0.25, 0.3) is 0 Å². The first kappa shape index (κ1) is 18.2. The van der Waals surface area contributed by atoms with Gasteiger partial charge in [-0.2, -0.15) is 0 Å². The molecule has 0 fully saturated rings. The molecule has 0 aromatic heterocycles. The third-order valence-corrected chi connectivity index (χ3v) is 3.85. The molecule has 1 aliphatic rings. The Labute approximate surface area is 154 Å². The largest absolute Gasteiger partial charge is 0.454 e. The minimum absolute atomic E-state index is 0.0909. The second-order valence-corrected chi connectivity index (χ2v) is 5.82. The lowest BCUT2D eigenvalue weighted by Gasteiger charge is -2.08. The van der Waals surface area contributed by atoms with Crippen molar-refractivity contribution in [2.45, 2.75) is 13.5 Å². The van der Waals surface area contributed by atoms with Gasteiger partial charge in [0.05, 0.1) is 11.0 Å². The average molecular weight is 372 g/mol. The minimum Gasteiger partial charge on any atom is -0.454 e. The van der Waals surface area contributed by atoms with Crippen molar-refractivity contribution in [3.63, 3.8) is 0 Å². The standard InChI is InChI=1S/C18H16N2O7/c1-11-2-4-12(5-3-11)8-19-17(21)9-25-18(22)13-6-15-16(27-10-26-15)7-14(13)20(23)24/h2-7H,8-10H2,1H3,(H,19,21). The molecule has 1 amide bonds. The summed E-state index contributed by atoms with van der Waals surface area (Å²) in [6.07, 6.45) is 0. The summed E-state index contributed by atoms with van der Waals surface area (Å²) >= 11 is 0. The fraction of sp³-hybridized carbons (Fsp3) is 0.222. The Balaban J connectivity index is 1.59. The van der Waals surface area contributed by atoms with Crippen molar-refractivity contribution in [1.29, 1.82) is 0 Å². The van der Waals surface area contributed by atoms with Crippen LogP contribution >= 0.6 is 0 Å². The topological polar surface area (TPSA) is 117 Å². The number of nitro groups is 1. The highest BCUT2D eigenvalue weighted by molar-refractivity contribution is 5.96. The summed E-state index contributed by atoms with van der Waals surface area (Å²) in [5.41, 5.74) is 1.20. The number of ether oxygens (including phenoxy) is 3. The number of nitro benzene ring substituents is 1. The molecule has 9 heteroatoms. The van der Waals surface area contributed by atoms with Crippen LogP contribution in [0.15, 0.2) is 36.4 Å². The van der Waals surface area contributed by atoms with Gasteiger partial charge in [0.25, 0.3) is 11.6 Å². The molecular formula is C18H16N2O7. The number of nitrogens with one attached hydrogen (secondary N) is 1. The second kappa shape index (κ2) is 7.73. The van der Waals surface area contributed by atoms with Crippen LogP contribution in [0.2, 0.25) is 0 Å². The molecule has 2 aromatic carbocycles. The highest BCUT2D eigenvalue weighted by atomic mass is 16.7. The van der Waals surface area contributed by atoms with Crippen molar-refractivity contribution in [1.82, 2.24) is 5.32 Å². The van der Waals surface area contributed by atoms with Gasteiger partial charge in [-0.25, -0.2) is 4.79 Å². The maximum absolute atomic E-state index is 12.2. The van der Waals surface area contributed by atoms with E-state index in [4.69, 9.17) is 14.2 Å². The summed E-state index contributed by atoms with van der Waals surface area (Å²) in [6.45, 7) is 1.58. The number of hydrogen-bond donors (Lipinski definition) is 1. The van der Waals surface area contributed by atoms with Crippen LogP contribution in [0.5, 0.6) is 11.5 Å². The lowest BCUT2D eigenvalue weighted by atomic mass is 10.1. The molecular weight excluding hydrogens is 356 g/mol. The number of fused-ring (bicyclic) bond motifs is 1. The van der Waals surface area contributed by atoms with Gasteiger partial charge in [-0.05, 0) is 12.5 Å². The first-order valence-corrected chi connectivity index (χ1v) is 8.01. The van der Waals surface area contributed by atoms with E-state index in [1.807, 2.05) is 31.2 Å². The molecule has 2 aromatic rings. The highest BCUT2D eigenvalue weighted by Crippen LogP contribution is 2.38. The smallest absolute Gasteiger partial charge is 0.345 e. The molecule has 0 spiro atoms. The summed E-state index contributed by atoms with van der Waals surface area (Å²) in [5.74, 6) is -1.14. The van der Waals surface area contributed by atoms with E-state index in [0.29, 0.717) is 0 Å². The fourth-order valence-corrected chi connectivity index (χ4v) is 2.41. The SMILES string of the molecule is Cc1ccc(CNC(=O)COC(=O)c2cc3c(cc2[N+](=O)[O-])OCO3)cc1. The summed E-state index contributed by atoms with van der Waals surface area (Å²) in [4.78, 5) is 34.5. The average Bonchev–Trinajstić information content (AvgIpc) is 3.12. The Morgan fingerprint density at radius 1 is 1.19 bits per heavy atom. The van der Waals surface area contributed by atoms with E-state index in [1.165, 1.54) is 6.07 Å². The third-order valence-electron chi connectivity index (χ3n) is 3.85. The third kappa shape index (κ3) is 4.32. The first-order valence-electron chi connectivity index (χ1n) is 8.01. The van der Waals surface area contributed by atoms with Gasteiger partial charge in [0, 0.05) is 12.6 Å². The maximum Gasteiger partial charge on any atom is 0.345 e. The number of esters is 1. The molecule has 1 aliphatic heterocycles. The van der Waals surface area contributed by atoms with Crippen LogP contribution < -0.4 is 14.8 Å². The van der Waals surface area contributed by atoms with Crippen LogP contribution in [0.4, 0.5) is 5.69 Å². The molecule has 0 unspecified atom stereocenters. The molecule has 140 valence electrons. The fourth-order valence-electron chi connectivity index (χ4n) is 2.41. The van der Waals surface area contributed by atoms with Crippen molar-refractivity contribution < 1.29 is 28.7 Å². The van der Waals surface area contributed by atoms with Crippen molar-refractivity contribution in [3.8, 4) is 11.5 Å². The van der Waals surface area contributed by atoms with Crippen molar-refractivity contribution in [3.05, 3.63) is 63.2 Å². The van der Waals surface area contributed by atoms with E-state index in [1.54, 1.807) is 0 Å². The van der Waals surface area contributed by atoms with Gasteiger partial charge >= 0.3 is 5.97 Å². The van der Waals surface area contributed by atoms with Gasteiger partial charge in [0.1, 0.15) is 5.56 Å². The molecule has 27 heavy (non-hydrogen) atoms. The number of rotatable bonds is 6. The number of benzene rings is 2. The second-order valence-electron chi connectivity index (χ2n) is 5.82. The quantitative estimate of drug-likeness (QED) is 0.469. The zero-order valence-corrected chi connectivity index (χ0v) is 14.4. The molecule has 9 nitrogen and oxygen atoms in total. The Morgan fingerprint density at radius 2 is 1.85 bits per heavy atom. The normalized spacial score (nSPS) is 11.7. The van der Waals surface area contributed by atoms with Gasteiger partial charge in [-0.3, -0.25) is 14.9 Å². The van der Waals surface area contributed by atoms with Crippen molar-refractivity contribution in [2.75, 3.05) is 13.4 Å². The summed E-state index contributed by atoms with van der Waals surface area (Å²) in [6, 6.07) is 9.85. The predicted molar refractivity (Wildman–Crippen MR) is 92.5 cm³/mol. The number of aryl methyl sites for hydroxylation is 1. The molecule has 3 rings (SSSR count). The molecule has 0 radical (unpaired) electrons. The molecule has 0 saturated carbocycles. The Hall–Kier alpha value is -3.62. The van der Waals surface area contributed by atoms with Gasteiger partial charge in [-0.1, -0.05) is 29.8 Å². The summed E-state index contributed by atoms with van der Waals surface area (Å²) < 4.78 is 15.1. The van der Waals surface area contributed by atoms with Gasteiger partial charge in [-0.15, -0.1) is 0 Å². The number of carbonyl (C=O) groups excluding carboxylic acids is 2. The molecule has 0 saturated heterocycles. The Bertz CT molecular complexity index is 893. The number of amides is 1. The van der Waals surface area contributed by atoms with E-state index < -0.39 is 29.1 Å². The van der Waals surface area contributed by atoms with Crippen LogP contribution in [0.1, 0.15) is 21.5 Å². The highest BCUT2D eigenvalue weighted by Gasteiger charge is 2.28. The van der Waals surface area contributed by atoms with Crippen LogP contribution in [-0.2, 0) is 16.1 Å². The van der Waals surface area contributed by atoms with Gasteiger partial charge in [0.15, 0.2) is 18.1 Å². The molecule has 1 N–H and O–H groups in total. The van der Waals surface area contributed by atoms with Crippen LogP contribution in [0.3, 0.4) is 0 Å². The summed E-state index contributed by atoms with van der Waals surface area (Å²) in [7, 11) is 0. The van der Waals surface area contributed by atoms with Crippen LogP contribution in [-0.4, -0.2) is 30.2 Å². The first-order chi connectivity index (χ1) is 12.9. The van der Waals surface area contributed by atoms with Gasteiger partial charge < -0.3 is 19.5 Å². The number of nitrogens with zero attached hydrogens (tertiary/aromatic N) is 1. The molecule has 0 atom stereocenters. The monoisotopic (exact) mass is 372 g/mol. The molecule has 0 bridgehead atoms. The zero-order valence-electron chi connectivity index (χ0n) is 14.4. The Morgan fingerprint density at radius 3 is 2.52 bits per heavy atom. The van der Waals surface area contributed by atoms with Crippen molar-refractivity contribution >= 4 is 17.6 Å². The lowest BCUT2D eigenvalue weighted by molar-refractivity contribution is -0.385. The van der Waals surface area contributed by atoms with Crippen molar-refractivity contribution in [2.24, 2.45) is 0 Å². The van der Waals surface area contributed by atoms with E-state index in [0.717, 1.165) is 17.2 Å². The molecule has 0 aliphatic carbocycles. The number of carbonyl (C=O) groups is 2. The van der Waals surface area contributed by atoms with E-state index >= 15 is 0 Å². The lowest BCUT2D eigenvalue weighted by Crippen LogP contribution is -2.28. The summed E-state index contributed by atoms with van der Waals surface area (Å²) in [5, 5.41) is 13.8. The molecule has 1 heterocycles. The van der Waals surface area contributed by atoms with E-state index in [2.05, 4.69) is 5.32 Å².